The molecule has 1 N–H and O–H groups in total. The van der Waals surface area contributed by atoms with Gasteiger partial charge in [-0.15, -0.1) is 0 Å². The van der Waals surface area contributed by atoms with E-state index >= 15 is 0 Å². The van der Waals surface area contributed by atoms with Gasteiger partial charge < -0.3 is 9.73 Å². The molecule has 1 amide bonds. The van der Waals surface area contributed by atoms with Crippen molar-refractivity contribution >= 4 is 11.6 Å². The van der Waals surface area contributed by atoms with Crippen molar-refractivity contribution < 1.29 is 22.9 Å². The third kappa shape index (κ3) is 3.04. The van der Waals surface area contributed by atoms with E-state index in [2.05, 4.69) is 5.32 Å². The number of nitro benzene ring substituents is 1. The molecule has 1 atom stereocenters. The Morgan fingerprint density at radius 1 is 1.38 bits per heavy atom. The summed E-state index contributed by atoms with van der Waals surface area (Å²) in [6.07, 6.45) is 1.40. The molecule has 0 radical (unpaired) electrons. The molecule has 6 nitrogen and oxygen atoms in total. The Labute approximate surface area is 117 Å². The molecule has 1 aromatic heterocycles. The first-order valence-corrected chi connectivity index (χ1v) is 5.88. The third-order valence-electron chi connectivity index (χ3n) is 2.80. The molecule has 0 saturated carbocycles. The highest BCUT2D eigenvalue weighted by atomic mass is 19.2. The van der Waals surface area contributed by atoms with Crippen molar-refractivity contribution in [2.45, 2.75) is 13.0 Å². The number of nitro groups is 1. The van der Waals surface area contributed by atoms with Gasteiger partial charge in [-0.25, -0.2) is 8.78 Å². The highest BCUT2D eigenvalue weighted by molar-refractivity contribution is 5.98. The lowest BCUT2D eigenvalue weighted by Crippen LogP contribution is -2.27. The first kappa shape index (κ1) is 14.6. The van der Waals surface area contributed by atoms with Gasteiger partial charge in [0.05, 0.1) is 23.3 Å². The summed E-state index contributed by atoms with van der Waals surface area (Å²) in [5.74, 6) is -3.20. The van der Waals surface area contributed by atoms with Gasteiger partial charge in [-0.1, -0.05) is 0 Å². The van der Waals surface area contributed by atoms with Crippen LogP contribution in [-0.2, 0) is 0 Å². The molecule has 2 aromatic rings. The summed E-state index contributed by atoms with van der Waals surface area (Å²) in [6, 6.07) is 3.50. The monoisotopic (exact) mass is 296 g/mol. The molecule has 0 spiro atoms. The first-order valence-electron chi connectivity index (χ1n) is 5.88. The Hall–Kier alpha value is -2.77. The molecule has 0 saturated heterocycles. The van der Waals surface area contributed by atoms with Gasteiger partial charge in [0, 0.05) is 0 Å². The van der Waals surface area contributed by atoms with Crippen LogP contribution in [0.1, 0.15) is 29.1 Å². The van der Waals surface area contributed by atoms with E-state index in [1.807, 2.05) is 0 Å². The van der Waals surface area contributed by atoms with Crippen LogP contribution in [-0.4, -0.2) is 10.8 Å². The zero-order chi connectivity index (χ0) is 15.6. The van der Waals surface area contributed by atoms with Crippen LogP contribution in [0, 0.1) is 21.7 Å². The van der Waals surface area contributed by atoms with Crippen molar-refractivity contribution in [2.24, 2.45) is 0 Å². The second-order valence-electron chi connectivity index (χ2n) is 4.25. The number of benzene rings is 1. The van der Waals surface area contributed by atoms with Crippen LogP contribution < -0.4 is 5.32 Å². The fraction of sp³-hybridized carbons (Fsp3) is 0.154. The third-order valence-corrected chi connectivity index (χ3v) is 2.80. The summed E-state index contributed by atoms with van der Waals surface area (Å²) in [4.78, 5) is 21.9. The van der Waals surface area contributed by atoms with Crippen LogP contribution in [0.2, 0.25) is 0 Å². The first-order chi connectivity index (χ1) is 9.90. The van der Waals surface area contributed by atoms with Crippen molar-refractivity contribution in [3.63, 3.8) is 0 Å². The minimum Gasteiger partial charge on any atom is -0.467 e. The molecule has 8 heteroatoms. The Balaban J connectivity index is 2.30. The Kier molecular flexibility index (Phi) is 3.97. The van der Waals surface area contributed by atoms with Gasteiger partial charge in [0.15, 0.2) is 11.6 Å². The van der Waals surface area contributed by atoms with Crippen LogP contribution in [0.4, 0.5) is 14.5 Å². The summed E-state index contributed by atoms with van der Waals surface area (Å²) < 4.78 is 31.3. The zero-order valence-corrected chi connectivity index (χ0v) is 10.8. The molecular formula is C13H10F2N2O4. The van der Waals surface area contributed by atoms with E-state index in [-0.39, 0.29) is 0 Å². The standard InChI is InChI=1S/C13H10F2N2O4/c1-7(12-3-2-4-21-12)16-13(18)8-5-9(14)10(15)6-11(8)17(19)20/h2-7H,1H3,(H,16,18). The molecule has 0 aliphatic rings. The number of nitrogens with one attached hydrogen (secondary N) is 1. The van der Waals surface area contributed by atoms with Crippen LogP contribution in [0.5, 0.6) is 0 Å². The smallest absolute Gasteiger partial charge is 0.285 e. The van der Waals surface area contributed by atoms with Gasteiger partial charge in [-0.2, -0.15) is 0 Å². The van der Waals surface area contributed by atoms with E-state index in [1.54, 1.807) is 19.1 Å². The summed E-state index contributed by atoms with van der Waals surface area (Å²) in [5.41, 5.74) is -1.37. The highest BCUT2D eigenvalue weighted by Crippen LogP contribution is 2.23. The molecule has 0 fully saturated rings. The molecule has 0 bridgehead atoms. The number of hydrogen-bond acceptors (Lipinski definition) is 4. The zero-order valence-electron chi connectivity index (χ0n) is 10.8. The van der Waals surface area contributed by atoms with Crippen molar-refractivity contribution in [1.29, 1.82) is 0 Å². The number of nitrogens with zero attached hydrogens (tertiary/aromatic N) is 1. The second-order valence-corrected chi connectivity index (χ2v) is 4.25. The van der Waals surface area contributed by atoms with Crippen LogP contribution in [0.3, 0.4) is 0 Å². The maximum atomic E-state index is 13.2. The number of rotatable bonds is 4. The number of carbonyl (C=O) groups is 1. The van der Waals surface area contributed by atoms with Crippen molar-refractivity contribution in [3.05, 3.63) is 63.6 Å². The summed E-state index contributed by atoms with van der Waals surface area (Å²) in [7, 11) is 0. The average molecular weight is 296 g/mol. The molecule has 21 heavy (non-hydrogen) atoms. The SMILES string of the molecule is CC(NC(=O)c1cc(F)c(F)cc1[N+](=O)[O-])c1ccco1. The lowest BCUT2D eigenvalue weighted by Gasteiger charge is -2.11. The number of halogens is 2. The van der Waals surface area contributed by atoms with E-state index < -0.39 is 39.8 Å². The Morgan fingerprint density at radius 3 is 2.62 bits per heavy atom. The van der Waals surface area contributed by atoms with E-state index in [1.165, 1.54) is 6.26 Å². The van der Waals surface area contributed by atoms with Crippen molar-refractivity contribution in [1.82, 2.24) is 5.32 Å². The van der Waals surface area contributed by atoms with Gasteiger partial charge >= 0.3 is 0 Å². The number of carbonyl (C=O) groups excluding carboxylic acids is 1. The molecule has 1 aromatic carbocycles. The maximum absolute atomic E-state index is 13.2. The average Bonchev–Trinajstić information content (AvgIpc) is 2.95. The van der Waals surface area contributed by atoms with Crippen LogP contribution >= 0.6 is 0 Å². The fourth-order valence-corrected chi connectivity index (χ4v) is 1.75. The molecule has 0 aliphatic heterocycles. The summed E-state index contributed by atoms with van der Waals surface area (Å²) >= 11 is 0. The lowest BCUT2D eigenvalue weighted by atomic mass is 10.1. The fourth-order valence-electron chi connectivity index (χ4n) is 1.75. The van der Waals surface area contributed by atoms with E-state index in [0.717, 1.165) is 0 Å². The number of amides is 1. The molecule has 110 valence electrons. The number of furan rings is 1. The largest absolute Gasteiger partial charge is 0.467 e. The Morgan fingerprint density at radius 2 is 2.05 bits per heavy atom. The molecule has 2 rings (SSSR count). The predicted octanol–water partition coefficient (Wildman–Crippen LogP) is 2.96. The van der Waals surface area contributed by atoms with Gasteiger partial charge in [-0.3, -0.25) is 14.9 Å². The van der Waals surface area contributed by atoms with Crippen LogP contribution in [0.25, 0.3) is 0 Å². The topological polar surface area (TPSA) is 85.4 Å². The van der Waals surface area contributed by atoms with Gasteiger partial charge in [-0.05, 0) is 25.1 Å². The maximum Gasteiger partial charge on any atom is 0.285 e. The van der Waals surface area contributed by atoms with Gasteiger partial charge in [0.25, 0.3) is 11.6 Å². The van der Waals surface area contributed by atoms with Crippen molar-refractivity contribution in [3.8, 4) is 0 Å². The Bertz CT molecular complexity index is 686. The van der Waals surface area contributed by atoms with E-state index in [4.69, 9.17) is 4.42 Å². The van der Waals surface area contributed by atoms with Gasteiger partial charge in [0.1, 0.15) is 11.3 Å². The van der Waals surface area contributed by atoms with Gasteiger partial charge in [0.2, 0.25) is 0 Å². The second kappa shape index (κ2) is 5.70. The van der Waals surface area contributed by atoms with Crippen LogP contribution in [0.15, 0.2) is 34.9 Å². The minimum atomic E-state index is -1.39. The molecule has 1 unspecified atom stereocenters. The summed E-state index contributed by atoms with van der Waals surface area (Å²) in [6.45, 7) is 1.59. The quantitative estimate of drug-likeness (QED) is 0.694. The highest BCUT2D eigenvalue weighted by Gasteiger charge is 2.25. The van der Waals surface area contributed by atoms with Crippen molar-refractivity contribution in [2.75, 3.05) is 0 Å². The molecule has 1 heterocycles. The van der Waals surface area contributed by atoms with E-state index in [0.29, 0.717) is 17.9 Å². The predicted molar refractivity (Wildman–Crippen MR) is 67.6 cm³/mol. The number of hydrogen-bond donors (Lipinski definition) is 1. The summed E-state index contributed by atoms with van der Waals surface area (Å²) in [5, 5.41) is 13.2. The van der Waals surface area contributed by atoms with E-state index in [9.17, 15) is 23.7 Å². The lowest BCUT2D eigenvalue weighted by molar-refractivity contribution is -0.385. The normalized spacial score (nSPS) is 12.0. The molecular weight excluding hydrogens is 286 g/mol. The molecule has 0 aliphatic carbocycles. The minimum absolute atomic E-state index is 0.377.